The molecule has 4 heteroatoms. The van der Waals surface area contributed by atoms with Gasteiger partial charge in [0, 0.05) is 12.0 Å². The number of para-hydroxylation sites is 1. The van der Waals surface area contributed by atoms with E-state index in [9.17, 15) is 9.90 Å². The molecule has 1 atom stereocenters. The van der Waals surface area contributed by atoms with Gasteiger partial charge < -0.3 is 15.2 Å². The molecule has 2 aromatic carbocycles. The van der Waals surface area contributed by atoms with E-state index >= 15 is 0 Å². The Balaban J connectivity index is 1.67. The van der Waals surface area contributed by atoms with Crippen molar-refractivity contribution in [3.63, 3.8) is 0 Å². The van der Waals surface area contributed by atoms with Crippen LogP contribution >= 0.6 is 0 Å². The van der Waals surface area contributed by atoms with Crippen molar-refractivity contribution in [1.82, 2.24) is 5.32 Å². The number of amides is 1. The van der Waals surface area contributed by atoms with Gasteiger partial charge in [0.2, 0.25) is 5.91 Å². The van der Waals surface area contributed by atoms with Gasteiger partial charge in [-0.15, -0.1) is 0 Å². The minimum Gasteiger partial charge on any atom is -0.508 e. The second-order valence-corrected chi connectivity index (χ2v) is 5.14. The molecule has 0 unspecified atom stereocenters. The number of phenols is 1. The molecule has 1 aliphatic rings. The first-order valence-electron chi connectivity index (χ1n) is 7.01. The number of ether oxygens (including phenoxy) is 1. The average Bonchev–Trinajstić information content (AvgIpc) is 2.50. The second kappa shape index (κ2) is 5.87. The summed E-state index contributed by atoms with van der Waals surface area (Å²) < 4.78 is 5.59. The first-order chi connectivity index (χ1) is 10.2. The predicted octanol–water partition coefficient (Wildman–Crippen LogP) is 2.57. The van der Waals surface area contributed by atoms with Gasteiger partial charge in [0.1, 0.15) is 11.5 Å². The third kappa shape index (κ3) is 3.16. The molecule has 0 fully saturated rings. The standard InChI is InChI=1S/C17H17NO3/c19-13-7-5-12(6-8-13)11-17(20)18-15-9-10-21-16-4-2-1-3-14(15)16/h1-8,15,19H,9-11H2,(H,18,20)/t15-/m1/s1. The zero-order valence-corrected chi connectivity index (χ0v) is 11.6. The van der Waals surface area contributed by atoms with Crippen LogP contribution in [0, 0.1) is 0 Å². The number of fused-ring (bicyclic) bond motifs is 1. The monoisotopic (exact) mass is 283 g/mol. The molecule has 2 aromatic rings. The summed E-state index contributed by atoms with van der Waals surface area (Å²) >= 11 is 0. The Morgan fingerprint density at radius 3 is 2.76 bits per heavy atom. The van der Waals surface area contributed by atoms with E-state index in [1.54, 1.807) is 24.3 Å². The summed E-state index contributed by atoms with van der Waals surface area (Å²) in [4.78, 5) is 12.2. The van der Waals surface area contributed by atoms with Crippen molar-refractivity contribution >= 4 is 5.91 Å². The minimum atomic E-state index is -0.0256. The number of benzene rings is 2. The Bertz CT molecular complexity index is 637. The van der Waals surface area contributed by atoms with E-state index in [0.717, 1.165) is 23.3 Å². The Labute approximate surface area is 123 Å². The third-order valence-corrected chi connectivity index (χ3v) is 3.59. The summed E-state index contributed by atoms with van der Waals surface area (Å²) in [6, 6.07) is 14.5. The highest BCUT2D eigenvalue weighted by Crippen LogP contribution is 2.31. The van der Waals surface area contributed by atoms with E-state index in [0.29, 0.717) is 13.0 Å². The van der Waals surface area contributed by atoms with Crippen LogP contribution in [-0.4, -0.2) is 17.6 Å². The van der Waals surface area contributed by atoms with Crippen molar-refractivity contribution in [2.24, 2.45) is 0 Å². The first kappa shape index (κ1) is 13.5. The molecule has 2 N–H and O–H groups in total. The summed E-state index contributed by atoms with van der Waals surface area (Å²) in [6.07, 6.45) is 1.08. The number of aromatic hydroxyl groups is 1. The van der Waals surface area contributed by atoms with Gasteiger partial charge in [0.15, 0.2) is 0 Å². The highest BCUT2D eigenvalue weighted by atomic mass is 16.5. The van der Waals surface area contributed by atoms with Gasteiger partial charge in [-0.25, -0.2) is 0 Å². The summed E-state index contributed by atoms with van der Waals surface area (Å²) in [7, 11) is 0. The van der Waals surface area contributed by atoms with Gasteiger partial charge in [0.25, 0.3) is 0 Å². The van der Waals surface area contributed by atoms with E-state index in [1.807, 2.05) is 24.3 Å². The maximum Gasteiger partial charge on any atom is 0.224 e. The zero-order valence-electron chi connectivity index (χ0n) is 11.6. The van der Waals surface area contributed by atoms with Crippen LogP contribution < -0.4 is 10.1 Å². The van der Waals surface area contributed by atoms with Crippen LogP contribution in [0.2, 0.25) is 0 Å². The van der Waals surface area contributed by atoms with E-state index < -0.39 is 0 Å². The van der Waals surface area contributed by atoms with Gasteiger partial charge in [0.05, 0.1) is 19.1 Å². The molecule has 4 nitrogen and oxygen atoms in total. The number of nitrogens with one attached hydrogen (secondary N) is 1. The molecular formula is C17H17NO3. The summed E-state index contributed by atoms with van der Waals surface area (Å²) in [6.45, 7) is 0.612. The number of hydrogen-bond donors (Lipinski definition) is 2. The lowest BCUT2D eigenvalue weighted by molar-refractivity contribution is -0.121. The van der Waals surface area contributed by atoms with Crippen LogP contribution in [0.15, 0.2) is 48.5 Å². The molecule has 21 heavy (non-hydrogen) atoms. The molecule has 0 aromatic heterocycles. The number of phenolic OH excluding ortho intramolecular Hbond substituents is 1. The topological polar surface area (TPSA) is 58.6 Å². The molecule has 0 saturated heterocycles. The van der Waals surface area contributed by atoms with Crippen molar-refractivity contribution in [3.8, 4) is 11.5 Å². The van der Waals surface area contributed by atoms with Crippen LogP contribution in [0.25, 0.3) is 0 Å². The molecule has 1 amide bonds. The number of carbonyl (C=O) groups is 1. The van der Waals surface area contributed by atoms with Crippen LogP contribution in [-0.2, 0) is 11.2 Å². The lowest BCUT2D eigenvalue weighted by Crippen LogP contribution is -2.33. The van der Waals surface area contributed by atoms with Crippen molar-refractivity contribution in [2.45, 2.75) is 18.9 Å². The fourth-order valence-electron chi connectivity index (χ4n) is 2.54. The average molecular weight is 283 g/mol. The Morgan fingerprint density at radius 2 is 1.95 bits per heavy atom. The molecule has 0 bridgehead atoms. The highest BCUT2D eigenvalue weighted by Gasteiger charge is 2.22. The molecule has 0 spiro atoms. The lowest BCUT2D eigenvalue weighted by atomic mass is 10.00. The number of rotatable bonds is 3. The Hall–Kier alpha value is -2.49. The quantitative estimate of drug-likeness (QED) is 0.910. The van der Waals surface area contributed by atoms with Gasteiger partial charge in [-0.3, -0.25) is 4.79 Å². The largest absolute Gasteiger partial charge is 0.508 e. The van der Waals surface area contributed by atoms with Gasteiger partial charge in [-0.1, -0.05) is 30.3 Å². The maximum atomic E-state index is 12.2. The predicted molar refractivity (Wildman–Crippen MR) is 79.2 cm³/mol. The maximum absolute atomic E-state index is 12.2. The number of hydrogen-bond acceptors (Lipinski definition) is 3. The minimum absolute atomic E-state index is 0.000403. The summed E-state index contributed by atoms with van der Waals surface area (Å²) in [5.74, 6) is 1.03. The second-order valence-electron chi connectivity index (χ2n) is 5.14. The smallest absolute Gasteiger partial charge is 0.224 e. The molecular weight excluding hydrogens is 266 g/mol. The van der Waals surface area contributed by atoms with Gasteiger partial charge in [-0.2, -0.15) is 0 Å². The molecule has 0 saturated carbocycles. The van der Waals surface area contributed by atoms with Gasteiger partial charge >= 0.3 is 0 Å². The fourth-order valence-corrected chi connectivity index (χ4v) is 2.54. The highest BCUT2D eigenvalue weighted by molar-refractivity contribution is 5.79. The lowest BCUT2D eigenvalue weighted by Gasteiger charge is -2.26. The van der Waals surface area contributed by atoms with E-state index in [1.165, 1.54) is 0 Å². The van der Waals surface area contributed by atoms with E-state index in [2.05, 4.69) is 5.32 Å². The summed E-state index contributed by atoms with van der Waals surface area (Å²) in [5, 5.41) is 12.3. The normalized spacial score (nSPS) is 16.7. The summed E-state index contributed by atoms with van der Waals surface area (Å²) in [5.41, 5.74) is 1.91. The molecule has 1 heterocycles. The van der Waals surface area contributed by atoms with Crippen LogP contribution in [0.3, 0.4) is 0 Å². The molecule has 3 rings (SSSR count). The van der Waals surface area contributed by atoms with Crippen LogP contribution in [0.5, 0.6) is 11.5 Å². The Morgan fingerprint density at radius 1 is 1.19 bits per heavy atom. The van der Waals surface area contributed by atoms with Gasteiger partial charge in [-0.05, 0) is 23.8 Å². The zero-order chi connectivity index (χ0) is 14.7. The molecule has 1 aliphatic heterocycles. The Kier molecular flexibility index (Phi) is 3.77. The van der Waals surface area contributed by atoms with Crippen molar-refractivity contribution in [1.29, 1.82) is 0 Å². The first-order valence-corrected chi connectivity index (χ1v) is 7.01. The molecule has 0 radical (unpaired) electrons. The van der Waals surface area contributed by atoms with Crippen molar-refractivity contribution in [2.75, 3.05) is 6.61 Å². The van der Waals surface area contributed by atoms with Crippen molar-refractivity contribution < 1.29 is 14.6 Å². The molecule has 0 aliphatic carbocycles. The van der Waals surface area contributed by atoms with E-state index in [-0.39, 0.29) is 17.7 Å². The van der Waals surface area contributed by atoms with Crippen LogP contribution in [0.1, 0.15) is 23.6 Å². The van der Waals surface area contributed by atoms with Crippen molar-refractivity contribution in [3.05, 3.63) is 59.7 Å². The third-order valence-electron chi connectivity index (χ3n) is 3.59. The molecule has 108 valence electrons. The number of carbonyl (C=O) groups excluding carboxylic acids is 1. The van der Waals surface area contributed by atoms with Crippen LogP contribution in [0.4, 0.5) is 0 Å². The van der Waals surface area contributed by atoms with E-state index in [4.69, 9.17) is 4.74 Å². The fraction of sp³-hybridized carbons (Fsp3) is 0.235. The SMILES string of the molecule is O=C(Cc1ccc(O)cc1)N[C@@H]1CCOc2ccccc21.